The van der Waals surface area contributed by atoms with Crippen molar-refractivity contribution in [3.63, 3.8) is 0 Å². The van der Waals surface area contributed by atoms with E-state index in [0.717, 1.165) is 18.3 Å². The Morgan fingerprint density at radius 2 is 1.50 bits per heavy atom. The van der Waals surface area contributed by atoms with Crippen molar-refractivity contribution in [1.29, 1.82) is 0 Å². The normalized spacial score (nSPS) is 17.1. The van der Waals surface area contributed by atoms with Gasteiger partial charge in [0.2, 0.25) is 0 Å². The Morgan fingerprint density at radius 1 is 0.867 bits per heavy atom. The van der Waals surface area contributed by atoms with Crippen molar-refractivity contribution in [1.82, 2.24) is 0 Å². The Kier molecular flexibility index (Phi) is 5.55. The molecule has 2 aromatic carbocycles. The van der Waals surface area contributed by atoms with E-state index in [1.165, 1.54) is 40.0 Å². The van der Waals surface area contributed by atoms with Crippen LogP contribution in [-0.2, 0) is 17.3 Å². The van der Waals surface area contributed by atoms with Gasteiger partial charge >= 0.3 is 0 Å². The van der Waals surface area contributed by atoms with Gasteiger partial charge < -0.3 is 0 Å². The summed E-state index contributed by atoms with van der Waals surface area (Å²) >= 11 is 1.82. The zero-order chi connectivity index (χ0) is 21.4. The molecule has 0 fully saturated rings. The number of aldehydes is 1. The van der Waals surface area contributed by atoms with E-state index in [-0.39, 0.29) is 10.8 Å². The van der Waals surface area contributed by atoms with E-state index in [9.17, 15) is 4.79 Å². The summed E-state index contributed by atoms with van der Waals surface area (Å²) in [6, 6.07) is 17.0. The summed E-state index contributed by atoms with van der Waals surface area (Å²) in [5, 5.41) is 2.16. The maximum absolute atomic E-state index is 10.9. The number of fused-ring (bicyclic) bond motifs is 1. The van der Waals surface area contributed by atoms with Crippen molar-refractivity contribution < 1.29 is 4.79 Å². The average Bonchev–Trinajstić information content (AvgIpc) is 3.24. The van der Waals surface area contributed by atoms with Crippen molar-refractivity contribution >= 4 is 29.8 Å². The lowest BCUT2D eigenvalue weighted by Gasteiger charge is -2.42. The number of carbonyl (C=O) groups excluding carboxylic acids is 1. The summed E-state index contributed by atoms with van der Waals surface area (Å²) in [5.74, 6) is 0. The van der Waals surface area contributed by atoms with Crippen LogP contribution in [0.2, 0.25) is 0 Å². The first-order valence-electron chi connectivity index (χ1n) is 10.7. The highest BCUT2D eigenvalue weighted by atomic mass is 32.1. The minimum atomic E-state index is 0.195. The smallest absolute Gasteiger partial charge is 0.150 e. The fourth-order valence-corrected chi connectivity index (χ4v) is 5.18. The molecule has 0 saturated carbocycles. The summed E-state index contributed by atoms with van der Waals surface area (Å²) in [5.41, 5.74) is 7.92. The summed E-state index contributed by atoms with van der Waals surface area (Å²) in [6.07, 6.45) is 8.70. The van der Waals surface area contributed by atoms with E-state index in [4.69, 9.17) is 0 Å². The molecule has 0 atom stereocenters. The first-order chi connectivity index (χ1) is 14.3. The molecular formula is C28H30OS. The van der Waals surface area contributed by atoms with Crippen LogP contribution < -0.4 is 0 Å². The van der Waals surface area contributed by atoms with Gasteiger partial charge in [0, 0.05) is 16.9 Å². The molecule has 2 heteroatoms. The zero-order valence-electron chi connectivity index (χ0n) is 18.4. The third-order valence-electron chi connectivity index (χ3n) is 6.59. The number of rotatable bonds is 5. The van der Waals surface area contributed by atoms with Crippen LogP contribution in [0, 0.1) is 0 Å². The van der Waals surface area contributed by atoms with Gasteiger partial charge in [0.25, 0.3) is 0 Å². The molecule has 0 bridgehead atoms. The molecule has 0 radical (unpaired) electrons. The molecule has 30 heavy (non-hydrogen) atoms. The molecule has 0 amide bonds. The van der Waals surface area contributed by atoms with Crippen molar-refractivity contribution in [2.24, 2.45) is 0 Å². The highest BCUT2D eigenvalue weighted by Gasteiger charge is 2.37. The Morgan fingerprint density at radius 3 is 2.10 bits per heavy atom. The van der Waals surface area contributed by atoms with Gasteiger partial charge in [-0.3, -0.25) is 4.79 Å². The maximum atomic E-state index is 10.9. The first kappa shape index (κ1) is 20.8. The monoisotopic (exact) mass is 414 g/mol. The van der Waals surface area contributed by atoms with Gasteiger partial charge in [-0.05, 0) is 62.9 Å². The molecule has 1 aliphatic carbocycles. The predicted octanol–water partition coefficient (Wildman–Crippen LogP) is 7.67. The molecule has 0 N–H and O–H groups in total. The highest BCUT2D eigenvalue weighted by molar-refractivity contribution is 7.09. The second kappa shape index (κ2) is 8.00. The molecule has 0 unspecified atom stereocenters. The third-order valence-corrected chi connectivity index (χ3v) is 7.46. The minimum absolute atomic E-state index is 0.195. The highest BCUT2D eigenvalue weighted by Crippen LogP contribution is 2.47. The van der Waals surface area contributed by atoms with Gasteiger partial charge in [-0.25, -0.2) is 0 Å². The Balaban J connectivity index is 1.80. The SMILES string of the molecule is CC1(C)CCC(C)(C)c2cc(Cc3cccs3)c(/C=C/c3ccc(C=O)cc3)cc21. The van der Waals surface area contributed by atoms with Gasteiger partial charge in [0.15, 0.2) is 0 Å². The minimum Gasteiger partial charge on any atom is -0.298 e. The summed E-state index contributed by atoms with van der Waals surface area (Å²) in [6.45, 7) is 9.54. The zero-order valence-corrected chi connectivity index (χ0v) is 19.2. The molecule has 1 aliphatic rings. The molecule has 3 aromatic rings. The predicted molar refractivity (Wildman–Crippen MR) is 130 cm³/mol. The lowest BCUT2D eigenvalue weighted by molar-refractivity contribution is 0.112. The van der Waals surface area contributed by atoms with Gasteiger partial charge in [-0.1, -0.05) is 82.3 Å². The maximum Gasteiger partial charge on any atom is 0.150 e. The van der Waals surface area contributed by atoms with Gasteiger partial charge in [0.05, 0.1) is 0 Å². The number of benzene rings is 2. The largest absolute Gasteiger partial charge is 0.298 e. The molecule has 1 aromatic heterocycles. The number of hydrogen-bond acceptors (Lipinski definition) is 2. The Labute approximate surface area is 184 Å². The lowest BCUT2D eigenvalue weighted by atomic mass is 9.62. The van der Waals surface area contributed by atoms with Gasteiger partial charge in [-0.15, -0.1) is 11.3 Å². The standard InChI is InChI=1S/C28H30OS/c1-27(2)13-14-28(3,4)26-18-23(16-24-6-5-15-30-24)22(17-25(26)27)12-11-20-7-9-21(19-29)10-8-20/h5-12,15,17-19H,13-14,16H2,1-4H3/b12-11+. The average molecular weight is 415 g/mol. The molecule has 0 aliphatic heterocycles. The van der Waals surface area contributed by atoms with Crippen LogP contribution in [-0.4, -0.2) is 6.29 Å². The van der Waals surface area contributed by atoms with Gasteiger partial charge in [0.1, 0.15) is 6.29 Å². The summed E-state index contributed by atoms with van der Waals surface area (Å²) in [7, 11) is 0. The van der Waals surface area contributed by atoms with Crippen LogP contribution >= 0.6 is 11.3 Å². The molecule has 4 rings (SSSR count). The topological polar surface area (TPSA) is 17.1 Å². The van der Waals surface area contributed by atoms with Crippen LogP contribution in [0.15, 0.2) is 53.9 Å². The van der Waals surface area contributed by atoms with E-state index in [0.29, 0.717) is 5.56 Å². The van der Waals surface area contributed by atoms with Crippen molar-refractivity contribution in [3.8, 4) is 0 Å². The Hall–Kier alpha value is -2.45. The van der Waals surface area contributed by atoms with Crippen molar-refractivity contribution in [2.75, 3.05) is 0 Å². The molecule has 0 saturated heterocycles. The van der Waals surface area contributed by atoms with E-state index in [1.807, 2.05) is 35.6 Å². The Bertz CT molecular complexity index is 1070. The lowest BCUT2D eigenvalue weighted by Crippen LogP contribution is -2.34. The molecular weight excluding hydrogens is 384 g/mol. The summed E-state index contributed by atoms with van der Waals surface area (Å²) < 4.78 is 0. The fourth-order valence-electron chi connectivity index (χ4n) is 4.46. The van der Waals surface area contributed by atoms with Crippen LogP contribution in [0.1, 0.15) is 83.6 Å². The van der Waals surface area contributed by atoms with E-state index >= 15 is 0 Å². The van der Waals surface area contributed by atoms with E-state index in [2.05, 4.69) is 69.5 Å². The molecule has 1 heterocycles. The number of carbonyl (C=O) groups is 1. The molecule has 0 spiro atoms. The van der Waals surface area contributed by atoms with Crippen molar-refractivity contribution in [3.05, 3.63) is 92.2 Å². The van der Waals surface area contributed by atoms with Crippen LogP contribution in [0.25, 0.3) is 12.2 Å². The van der Waals surface area contributed by atoms with Crippen LogP contribution in [0.4, 0.5) is 0 Å². The second-order valence-electron chi connectivity index (χ2n) is 9.74. The molecule has 154 valence electrons. The van der Waals surface area contributed by atoms with Crippen molar-refractivity contribution in [2.45, 2.75) is 57.8 Å². The fraction of sp³-hybridized carbons (Fsp3) is 0.321. The third kappa shape index (κ3) is 4.20. The number of thiophene rings is 1. The quantitative estimate of drug-likeness (QED) is 0.309. The van der Waals surface area contributed by atoms with E-state index in [1.54, 1.807) is 0 Å². The molecule has 1 nitrogen and oxygen atoms in total. The van der Waals surface area contributed by atoms with Gasteiger partial charge in [-0.2, -0.15) is 0 Å². The van der Waals surface area contributed by atoms with Crippen LogP contribution in [0.3, 0.4) is 0 Å². The second-order valence-corrected chi connectivity index (χ2v) is 10.8. The summed E-state index contributed by atoms with van der Waals surface area (Å²) in [4.78, 5) is 12.3. The van der Waals surface area contributed by atoms with E-state index < -0.39 is 0 Å². The first-order valence-corrected chi connectivity index (χ1v) is 11.6. The van der Waals surface area contributed by atoms with Crippen LogP contribution in [0.5, 0.6) is 0 Å². The number of hydrogen-bond donors (Lipinski definition) is 0.